The van der Waals surface area contributed by atoms with Crippen molar-refractivity contribution in [1.29, 1.82) is 0 Å². The number of hydrogen-bond acceptors (Lipinski definition) is 8. The maximum Gasteiger partial charge on any atom is 0.293 e. The molecule has 1 aromatic carbocycles. The number of nitrogens with one attached hydrogen (secondary N) is 1. The molecular formula is C50H97N3O6. The lowest BCUT2D eigenvalue weighted by Gasteiger charge is -2.28. The number of ether oxygens (including phenoxy) is 1. The highest BCUT2D eigenvalue weighted by Gasteiger charge is 2.25. The van der Waals surface area contributed by atoms with Crippen LogP contribution in [0.2, 0.25) is 0 Å². The Labute approximate surface area is 364 Å². The van der Waals surface area contributed by atoms with Crippen molar-refractivity contribution in [2.75, 3.05) is 57.1 Å². The normalized spacial score (nSPS) is 11.0. The van der Waals surface area contributed by atoms with Crippen LogP contribution in [0.3, 0.4) is 0 Å². The number of carbonyl (C=O) groups is 2. The lowest BCUT2D eigenvalue weighted by atomic mass is 9.89. The second-order valence-corrected chi connectivity index (χ2v) is 17.2. The lowest BCUT2D eigenvalue weighted by Crippen LogP contribution is -2.43. The fourth-order valence-corrected chi connectivity index (χ4v) is 7.84. The second-order valence-electron chi connectivity index (χ2n) is 17.2. The Balaban J connectivity index is 0. The SMILES string of the molecule is CCCCCCCCC(CCCCCCCC)CCCCCCCN(CCCCCCCC)c1c(NCCCN(C)C)c(=O)c1=O.CCCCCCCOC=O.O=CO. The highest BCUT2D eigenvalue weighted by Crippen LogP contribution is 2.26. The lowest BCUT2D eigenvalue weighted by molar-refractivity contribution is -0.128. The first kappa shape index (κ1) is 58.7. The molecule has 0 saturated carbocycles. The fraction of sp³-hybridized carbons (Fsp3) is 0.880. The third-order valence-electron chi connectivity index (χ3n) is 11.5. The van der Waals surface area contributed by atoms with Crippen LogP contribution in [0.15, 0.2) is 9.59 Å². The number of carboxylic acid groups (broad SMARTS) is 1. The third-order valence-corrected chi connectivity index (χ3v) is 11.5. The molecule has 9 heteroatoms. The molecule has 0 aliphatic rings. The molecule has 0 aliphatic carbocycles. The summed E-state index contributed by atoms with van der Waals surface area (Å²) in [5, 5.41) is 10.2. The van der Waals surface area contributed by atoms with E-state index in [1.807, 2.05) is 0 Å². The molecule has 0 atom stereocenters. The van der Waals surface area contributed by atoms with Gasteiger partial charge in [-0.3, -0.25) is 19.2 Å². The number of nitrogens with zero attached hydrogens (tertiary/aromatic N) is 2. The molecule has 0 fully saturated rings. The minimum atomic E-state index is -0.315. The van der Waals surface area contributed by atoms with E-state index in [9.17, 15) is 14.4 Å². The van der Waals surface area contributed by atoms with Crippen LogP contribution < -0.4 is 21.1 Å². The zero-order valence-electron chi connectivity index (χ0n) is 39.8. The van der Waals surface area contributed by atoms with Gasteiger partial charge in [-0.15, -0.1) is 0 Å². The maximum absolute atomic E-state index is 12.8. The molecule has 0 unspecified atom stereocenters. The predicted octanol–water partition coefficient (Wildman–Crippen LogP) is 13.1. The van der Waals surface area contributed by atoms with Crippen LogP contribution in [0, 0.1) is 5.92 Å². The largest absolute Gasteiger partial charge is 0.483 e. The van der Waals surface area contributed by atoms with Crippen LogP contribution >= 0.6 is 0 Å². The molecule has 9 nitrogen and oxygen atoms in total. The van der Waals surface area contributed by atoms with Crippen molar-refractivity contribution in [3.8, 4) is 0 Å². The number of carbonyl (C=O) groups excluding carboxylic acids is 1. The monoisotopic (exact) mass is 836 g/mol. The summed E-state index contributed by atoms with van der Waals surface area (Å²) >= 11 is 0. The fourth-order valence-electron chi connectivity index (χ4n) is 7.84. The van der Waals surface area contributed by atoms with Crippen molar-refractivity contribution < 1.29 is 19.4 Å². The summed E-state index contributed by atoms with van der Waals surface area (Å²) in [6, 6.07) is 0. The molecular weight excluding hydrogens is 739 g/mol. The molecule has 0 aliphatic heterocycles. The van der Waals surface area contributed by atoms with Gasteiger partial charge < -0.3 is 25.0 Å². The van der Waals surface area contributed by atoms with E-state index >= 15 is 0 Å². The minimum Gasteiger partial charge on any atom is -0.483 e. The van der Waals surface area contributed by atoms with Gasteiger partial charge in [-0.05, 0) is 52.2 Å². The van der Waals surface area contributed by atoms with Crippen LogP contribution in [-0.2, 0) is 14.3 Å². The molecule has 0 saturated heterocycles. The molecule has 1 aromatic rings. The minimum absolute atomic E-state index is 0.250. The van der Waals surface area contributed by atoms with Crippen LogP contribution in [0.25, 0.3) is 0 Å². The first-order chi connectivity index (χ1) is 28.8. The van der Waals surface area contributed by atoms with Gasteiger partial charge in [-0.2, -0.15) is 0 Å². The summed E-state index contributed by atoms with van der Waals surface area (Å²) in [4.78, 5) is 47.7. The Bertz CT molecular complexity index is 1070. The molecule has 0 bridgehead atoms. The van der Waals surface area contributed by atoms with Crippen LogP contribution in [0.5, 0.6) is 0 Å². The topological polar surface area (TPSA) is 116 Å². The summed E-state index contributed by atoms with van der Waals surface area (Å²) in [6.07, 6.45) is 41.9. The summed E-state index contributed by atoms with van der Waals surface area (Å²) < 4.78 is 4.53. The van der Waals surface area contributed by atoms with E-state index in [4.69, 9.17) is 9.90 Å². The highest BCUT2D eigenvalue weighted by molar-refractivity contribution is 5.75. The van der Waals surface area contributed by atoms with E-state index in [2.05, 4.69) is 61.6 Å². The van der Waals surface area contributed by atoms with Crippen molar-refractivity contribution in [3.63, 3.8) is 0 Å². The number of rotatable bonds is 42. The molecule has 0 radical (unpaired) electrons. The van der Waals surface area contributed by atoms with Crippen molar-refractivity contribution in [3.05, 3.63) is 20.4 Å². The van der Waals surface area contributed by atoms with Gasteiger partial charge in [-0.25, -0.2) is 0 Å². The van der Waals surface area contributed by atoms with Gasteiger partial charge in [0.2, 0.25) is 0 Å². The van der Waals surface area contributed by atoms with Gasteiger partial charge in [-0.1, -0.05) is 207 Å². The van der Waals surface area contributed by atoms with Crippen LogP contribution in [0.1, 0.15) is 233 Å². The van der Waals surface area contributed by atoms with Gasteiger partial charge in [0.15, 0.2) is 0 Å². The summed E-state index contributed by atoms with van der Waals surface area (Å²) in [7, 11) is 4.13. The molecule has 2 N–H and O–H groups in total. The summed E-state index contributed by atoms with van der Waals surface area (Å²) in [5.41, 5.74) is 0.666. The Morgan fingerprint density at radius 1 is 0.525 bits per heavy atom. The van der Waals surface area contributed by atoms with Crippen molar-refractivity contribution in [2.24, 2.45) is 5.92 Å². The molecule has 0 aromatic heterocycles. The highest BCUT2D eigenvalue weighted by atomic mass is 16.5. The molecule has 348 valence electrons. The van der Waals surface area contributed by atoms with E-state index in [0.717, 1.165) is 57.8 Å². The Hall–Kier alpha value is -2.42. The number of hydrogen-bond donors (Lipinski definition) is 2. The van der Waals surface area contributed by atoms with Gasteiger partial charge in [0, 0.05) is 19.6 Å². The van der Waals surface area contributed by atoms with E-state index < -0.39 is 0 Å². The molecule has 0 spiro atoms. The Morgan fingerprint density at radius 3 is 1.29 bits per heavy atom. The second kappa shape index (κ2) is 46.6. The van der Waals surface area contributed by atoms with Gasteiger partial charge in [0.25, 0.3) is 23.8 Å². The summed E-state index contributed by atoms with van der Waals surface area (Å²) in [6.45, 7) is 13.4. The number of anilines is 2. The average Bonchev–Trinajstić information content (AvgIpc) is 3.23. The zero-order chi connectivity index (χ0) is 44.0. The smallest absolute Gasteiger partial charge is 0.293 e. The first-order valence-electron chi connectivity index (χ1n) is 24.9. The van der Waals surface area contributed by atoms with Crippen molar-refractivity contribution >= 4 is 24.3 Å². The first-order valence-corrected chi connectivity index (χ1v) is 24.9. The van der Waals surface area contributed by atoms with Gasteiger partial charge >= 0.3 is 0 Å². The average molecular weight is 836 g/mol. The molecule has 1 rings (SSSR count). The molecule has 0 amide bonds. The van der Waals surface area contributed by atoms with Crippen molar-refractivity contribution in [2.45, 2.75) is 233 Å². The molecule has 0 heterocycles. The van der Waals surface area contributed by atoms with E-state index in [1.165, 1.54) is 180 Å². The van der Waals surface area contributed by atoms with Crippen LogP contribution in [0.4, 0.5) is 11.4 Å². The van der Waals surface area contributed by atoms with Gasteiger partial charge in [0.1, 0.15) is 11.4 Å². The Morgan fingerprint density at radius 2 is 0.898 bits per heavy atom. The third kappa shape index (κ3) is 37.1. The van der Waals surface area contributed by atoms with E-state index in [-0.39, 0.29) is 17.3 Å². The Kier molecular flexibility index (Phi) is 46.4. The summed E-state index contributed by atoms with van der Waals surface area (Å²) in [5.74, 6) is 0.933. The predicted molar refractivity (Wildman–Crippen MR) is 255 cm³/mol. The standard InChI is InChI=1S/C41H79N3O2.C8H16O2.CH2O2/c1-6-9-12-15-19-24-30-37(31-25-20-16-13-10-7-2)32-26-21-18-23-28-36-44(35-27-22-17-14-11-8-3)39-38(40(45)41(39)46)42-33-29-34-43(4)5;1-2-3-4-5-6-7-10-8-9;2-1-3/h37,42H,6-36H2,1-5H3;8H,2-7H2,1H3;1H,(H,2,3). The quantitative estimate of drug-likeness (QED) is 0.0377. The van der Waals surface area contributed by atoms with E-state index in [1.54, 1.807) is 0 Å². The number of unbranched alkanes of at least 4 members (excludes halogenated alkanes) is 23. The maximum atomic E-state index is 12.8. The zero-order valence-corrected chi connectivity index (χ0v) is 39.8. The van der Waals surface area contributed by atoms with Crippen LogP contribution in [-0.4, -0.2) is 69.8 Å². The van der Waals surface area contributed by atoms with Crippen molar-refractivity contribution in [1.82, 2.24) is 4.90 Å². The van der Waals surface area contributed by atoms with E-state index in [0.29, 0.717) is 24.5 Å². The van der Waals surface area contributed by atoms with Gasteiger partial charge in [0.05, 0.1) is 6.61 Å². The molecule has 59 heavy (non-hydrogen) atoms.